The first kappa shape index (κ1) is 16.0. The van der Waals surface area contributed by atoms with Gasteiger partial charge in [-0.2, -0.15) is 0 Å². The predicted molar refractivity (Wildman–Crippen MR) is 91.4 cm³/mol. The number of anilines is 1. The SMILES string of the molecule is O=C(Cc1ccc(N2CCCC2=O)cc1)NC1CCCCCC1. The van der Waals surface area contributed by atoms with Gasteiger partial charge in [0.25, 0.3) is 0 Å². The topological polar surface area (TPSA) is 49.4 Å². The van der Waals surface area contributed by atoms with Crippen molar-refractivity contribution in [3.63, 3.8) is 0 Å². The van der Waals surface area contributed by atoms with Gasteiger partial charge in [0.15, 0.2) is 0 Å². The molecule has 1 heterocycles. The lowest BCUT2D eigenvalue weighted by molar-refractivity contribution is -0.121. The smallest absolute Gasteiger partial charge is 0.227 e. The minimum absolute atomic E-state index is 0.113. The number of rotatable bonds is 4. The Kier molecular flexibility index (Phi) is 5.31. The molecule has 0 bridgehead atoms. The van der Waals surface area contributed by atoms with Gasteiger partial charge in [0.2, 0.25) is 11.8 Å². The van der Waals surface area contributed by atoms with Gasteiger partial charge in [-0.25, -0.2) is 0 Å². The predicted octanol–water partition coefficient (Wildman–Crippen LogP) is 3.19. The number of carbonyl (C=O) groups is 2. The minimum atomic E-state index is 0.113. The lowest BCUT2D eigenvalue weighted by Gasteiger charge is -2.17. The molecule has 1 aliphatic carbocycles. The fraction of sp³-hybridized carbons (Fsp3) is 0.579. The van der Waals surface area contributed by atoms with Crippen LogP contribution >= 0.6 is 0 Å². The first-order chi connectivity index (χ1) is 11.2. The molecule has 4 nitrogen and oxygen atoms in total. The third-order valence-corrected chi connectivity index (χ3v) is 4.91. The highest BCUT2D eigenvalue weighted by Crippen LogP contribution is 2.22. The summed E-state index contributed by atoms with van der Waals surface area (Å²) >= 11 is 0. The lowest BCUT2D eigenvalue weighted by Crippen LogP contribution is -2.35. The second-order valence-corrected chi connectivity index (χ2v) is 6.75. The van der Waals surface area contributed by atoms with Gasteiger partial charge in [0.1, 0.15) is 0 Å². The zero-order chi connectivity index (χ0) is 16.1. The third kappa shape index (κ3) is 4.34. The number of carbonyl (C=O) groups excluding carboxylic acids is 2. The quantitative estimate of drug-likeness (QED) is 0.868. The van der Waals surface area contributed by atoms with Crippen molar-refractivity contribution in [2.75, 3.05) is 11.4 Å². The first-order valence-corrected chi connectivity index (χ1v) is 8.91. The maximum atomic E-state index is 12.2. The molecule has 2 fully saturated rings. The summed E-state index contributed by atoms with van der Waals surface area (Å²) in [6.45, 7) is 0.806. The molecule has 0 aromatic heterocycles. The summed E-state index contributed by atoms with van der Waals surface area (Å²) in [6.07, 6.45) is 9.27. The molecule has 0 radical (unpaired) electrons. The van der Waals surface area contributed by atoms with E-state index in [0.717, 1.165) is 37.1 Å². The van der Waals surface area contributed by atoms with Crippen LogP contribution in [-0.4, -0.2) is 24.4 Å². The van der Waals surface area contributed by atoms with E-state index in [1.807, 2.05) is 29.2 Å². The van der Waals surface area contributed by atoms with Crippen LogP contribution < -0.4 is 10.2 Å². The minimum Gasteiger partial charge on any atom is -0.353 e. The first-order valence-electron chi connectivity index (χ1n) is 8.91. The highest BCUT2D eigenvalue weighted by Gasteiger charge is 2.21. The van der Waals surface area contributed by atoms with E-state index in [0.29, 0.717) is 18.9 Å². The highest BCUT2D eigenvalue weighted by atomic mass is 16.2. The van der Waals surface area contributed by atoms with Crippen LogP contribution in [0.2, 0.25) is 0 Å². The van der Waals surface area contributed by atoms with E-state index in [-0.39, 0.29) is 11.8 Å². The van der Waals surface area contributed by atoms with Crippen LogP contribution in [0, 0.1) is 0 Å². The van der Waals surface area contributed by atoms with E-state index >= 15 is 0 Å². The highest BCUT2D eigenvalue weighted by molar-refractivity contribution is 5.95. The molecule has 4 heteroatoms. The molecule has 1 aliphatic heterocycles. The summed E-state index contributed by atoms with van der Waals surface area (Å²) in [4.78, 5) is 25.8. The van der Waals surface area contributed by atoms with E-state index in [9.17, 15) is 9.59 Å². The Hall–Kier alpha value is -1.84. The Morgan fingerprint density at radius 2 is 1.74 bits per heavy atom. The fourth-order valence-corrected chi connectivity index (χ4v) is 3.60. The Morgan fingerprint density at radius 3 is 2.35 bits per heavy atom. The molecule has 2 aliphatic rings. The molecule has 1 aromatic carbocycles. The molecule has 3 rings (SSSR count). The van der Waals surface area contributed by atoms with Gasteiger partial charge in [0, 0.05) is 24.7 Å². The number of hydrogen-bond acceptors (Lipinski definition) is 2. The van der Waals surface area contributed by atoms with Crippen LogP contribution in [0.5, 0.6) is 0 Å². The van der Waals surface area contributed by atoms with Crippen LogP contribution in [0.4, 0.5) is 5.69 Å². The zero-order valence-corrected chi connectivity index (χ0v) is 13.7. The Balaban J connectivity index is 1.53. The number of nitrogens with zero attached hydrogens (tertiary/aromatic N) is 1. The van der Waals surface area contributed by atoms with Crippen molar-refractivity contribution in [3.8, 4) is 0 Å². The van der Waals surface area contributed by atoms with Crippen molar-refractivity contribution in [3.05, 3.63) is 29.8 Å². The normalized spacial score (nSPS) is 19.7. The van der Waals surface area contributed by atoms with Gasteiger partial charge in [0.05, 0.1) is 6.42 Å². The second kappa shape index (κ2) is 7.62. The fourth-order valence-electron chi connectivity index (χ4n) is 3.60. The number of hydrogen-bond donors (Lipinski definition) is 1. The maximum Gasteiger partial charge on any atom is 0.227 e. The van der Waals surface area contributed by atoms with Crippen molar-refractivity contribution in [2.45, 2.75) is 63.8 Å². The molecule has 0 atom stereocenters. The van der Waals surface area contributed by atoms with Gasteiger partial charge in [-0.3, -0.25) is 9.59 Å². The maximum absolute atomic E-state index is 12.2. The summed E-state index contributed by atoms with van der Waals surface area (Å²) in [5, 5.41) is 3.18. The van der Waals surface area contributed by atoms with Crippen LogP contribution in [0.15, 0.2) is 24.3 Å². The largest absolute Gasteiger partial charge is 0.353 e. The second-order valence-electron chi connectivity index (χ2n) is 6.75. The number of nitrogens with one attached hydrogen (secondary N) is 1. The van der Waals surface area contributed by atoms with Crippen LogP contribution in [-0.2, 0) is 16.0 Å². The Bertz CT molecular complexity index is 545. The Morgan fingerprint density at radius 1 is 1.04 bits per heavy atom. The van der Waals surface area contributed by atoms with E-state index in [1.54, 1.807) is 0 Å². The number of benzene rings is 1. The molecule has 2 amide bonds. The van der Waals surface area contributed by atoms with E-state index < -0.39 is 0 Å². The van der Waals surface area contributed by atoms with E-state index in [1.165, 1.54) is 25.7 Å². The summed E-state index contributed by atoms with van der Waals surface area (Å²) < 4.78 is 0. The molecule has 1 saturated heterocycles. The molecule has 0 spiro atoms. The monoisotopic (exact) mass is 314 g/mol. The molecule has 1 aromatic rings. The van der Waals surface area contributed by atoms with E-state index in [2.05, 4.69) is 5.32 Å². The summed E-state index contributed by atoms with van der Waals surface area (Å²) in [7, 11) is 0. The molecule has 1 N–H and O–H groups in total. The lowest BCUT2D eigenvalue weighted by atomic mass is 10.1. The van der Waals surface area contributed by atoms with Crippen molar-refractivity contribution in [1.29, 1.82) is 0 Å². The molecular weight excluding hydrogens is 288 g/mol. The third-order valence-electron chi connectivity index (χ3n) is 4.91. The molecular formula is C19H26N2O2. The Labute approximate surface area is 138 Å². The zero-order valence-electron chi connectivity index (χ0n) is 13.7. The van der Waals surface area contributed by atoms with Gasteiger partial charge in [-0.05, 0) is 37.0 Å². The van der Waals surface area contributed by atoms with Crippen molar-refractivity contribution in [2.24, 2.45) is 0 Å². The average Bonchev–Trinajstić information content (AvgIpc) is 2.81. The van der Waals surface area contributed by atoms with Gasteiger partial charge in [-0.15, -0.1) is 0 Å². The molecule has 1 saturated carbocycles. The van der Waals surface area contributed by atoms with Crippen LogP contribution in [0.3, 0.4) is 0 Å². The average molecular weight is 314 g/mol. The summed E-state index contributed by atoms with van der Waals surface area (Å²) in [5.41, 5.74) is 1.95. The van der Waals surface area contributed by atoms with Crippen LogP contribution in [0.25, 0.3) is 0 Å². The van der Waals surface area contributed by atoms with Crippen molar-refractivity contribution < 1.29 is 9.59 Å². The molecule has 23 heavy (non-hydrogen) atoms. The van der Waals surface area contributed by atoms with Gasteiger partial charge in [-0.1, -0.05) is 37.8 Å². The number of amides is 2. The standard InChI is InChI=1S/C19H26N2O2/c22-18(20-16-6-3-1-2-4-7-16)14-15-9-11-17(12-10-15)21-13-5-8-19(21)23/h9-12,16H,1-8,13-14H2,(H,20,22). The van der Waals surface area contributed by atoms with Crippen molar-refractivity contribution >= 4 is 17.5 Å². The molecule has 124 valence electrons. The van der Waals surface area contributed by atoms with E-state index in [4.69, 9.17) is 0 Å². The van der Waals surface area contributed by atoms with Crippen LogP contribution in [0.1, 0.15) is 56.9 Å². The van der Waals surface area contributed by atoms with Crippen molar-refractivity contribution in [1.82, 2.24) is 5.32 Å². The molecule has 0 unspecified atom stereocenters. The summed E-state index contributed by atoms with van der Waals surface area (Å²) in [6, 6.07) is 8.20. The summed E-state index contributed by atoms with van der Waals surface area (Å²) in [5.74, 6) is 0.311. The van der Waals surface area contributed by atoms with Gasteiger partial charge >= 0.3 is 0 Å². The van der Waals surface area contributed by atoms with Gasteiger partial charge < -0.3 is 10.2 Å².